The molecule has 0 rings (SSSR count). The van der Waals surface area contributed by atoms with E-state index < -0.39 is 0 Å². The third-order valence-electron chi connectivity index (χ3n) is 0. The molecule has 0 bridgehead atoms. The molecule has 0 atom stereocenters. The molecule has 7 heteroatoms. The van der Waals surface area contributed by atoms with Crippen LogP contribution in [0.4, 0.5) is 0 Å². The largest absolute Gasteiger partial charge is 3.00 e. The maximum Gasteiger partial charge on any atom is 3.00 e. The average Bonchev–Trinajstić information content (AvgIpc) is 0. The van der Waals surface area contributed by atoms with Crippen LogP contribution in [0.15, 0.2) is 0 Å². The van der Waals surface area contributed by atoms with Crippen LogP contribution in [0.1, 0.15) is 0 Å². The van der Waals surface area contributed by atoms with Crippen molar-refractivity contribution in [3.63, 3.8) is 0 Å². The maximum absolute atomic E-state index is 0. The van der Waals surface area contributed by atoms with Crippen LogP contribution in [-0.4, -0.2) is 26.2 Å². The van der Waals surface area contributed by atoms with Gasteiger partial charge in [0, 0.05) is 32.7 Å². The molecule has 0 aliphatic heterocycles. The van der Waals surface area contributed by atoms with E-state index in [2.05, 4.69) is 0 Å². The molecule has 7 heavy (non-hydrogen) atoms. The van der Waals surface area contributed by atoms with Gasteiger partial charge in [0.1, 0.15) is 0 Å². The van der Waals surface area contributed by atoms with E-state index in [0.29, 0.717) is 0 Å². The summed E-state index contributed by atoms with van der Waals surface area (Å²) >= 11 is 0. The zero-order valence-electron chi connectivity index (χ0n) is 3.54. The van der Waals surface area contributed by atoms with E-state index in [1.807, 2.05) is 0 Å². The van der Waals surface area contributed by atoms with Crippen molar-refractivity contribution >= 4 is 26.2 Å². The minimum absolute atomic E-state index is 0. The maximum atomic E-state index is 0. The first-order chi connectivity index (χ1) is 0. The summed E-state index contributed by atoms with van der Waals surface area (Å²) in [5, 5.41) is 0. The van der Waals surface area contributed by atoms with Gasteiger partial charge in [-0.25, -0.2) is 0 Å². The molecule has 0 aliphatic carbocycles. The van der Waals surface area contributed by atoms with Crippen molar-refractivity contribution in [2.24, 2.45) is 0 Å². The molecule has 0 N–H and O–H groups in total. The summed E-state index contributed by atoms with van der Waals surface area (Å²) in [5.74, 6) is 0. The molecule has 0 saturated carbocycles. The minimum Gasteiger partial charge on any atom is -1.00 e. The third kappa shape index (κ3) is 53.4. The zero-order chi connectivity index (χ0) is 0. The third-order valence-corrected chi connectivity index (χ3v) is 0. The van der Waals surface area contributed by atoms with Gasteiger partial charge in [-0.05, 0) is 0 Å². The summed E-state index contributed by atoms with van der Waals surface area (Å²) < 4.78 is 0. The van der Waals surface area contributed by atoms with Gasteiger partial charge in [-0.3, -0.25) is 0 Å². The van der Waals surface area contributed by atoms with E-state index in [-0.39, 0.29) is 107 Å². The first-order valence-electron chi connectivity index (χ1n) is 0. The predicted molar refractivity (Wildman–Crippen MR) is 5.75 cm³/mol. The number of rotatable bonds is 0. The van der Waals surface area contributed by atoms with Crippen LogP contribution in [0.5, 0.6) is 0 Å². The molecule has 0 saturated heterocycles. The van der Waals surface area contributed by atoms with Gasteiger partial charge in [0.15, 0.2) is 0 Å². The Kier molecular flexibility index (Phi) is 1010. The van der Waals surface area contributed by atoms with Gasteiger partial charge >= 0.3 is 55.8 Å². The predicted octanol–water partition coefficient (Wildman–Crippen LogP) is -15.4. The van der Waals surface area contributed by atoms with E-state index in [1.54, 1.807) is 0 Å². The van der Waals surface area contributed by atoms with Crippen LogP contribution < -0.4 is 48.4 Å². The fourth-order valence-corrected chi connectivity index (χ4v) is 0. The normalized spacial score (nSPS) is 0. The zero-order valence-corrected chi connectivity index (χ0v) is 11.9. The SMILES string of the molecule is [Bi+3].[F-].[F-].[F-].[F-].[Na+].[Y]. The molecule has 37 valence electrons. The van der Waals surface area contributed by atoms with Crippen LogP contribution in [0.2, 0.25) is 0 Å². The quantitative estimate of drug-likeness (QED) is 0.282. The number of hydrogen-bond donors (Lipinski definition) is 0. The van der Waals surface area contributed by atoms with Crippen molar-refractivity contribution in [1.82, 2.24) is 0 Å². The molecule has 0 aromatic rings. The molecular formula is BiF4NaY. The molecule has 0 aromatic heterocycles. The van der Waals surface area contributed by atoms with E-state index in [9.17, 15) is 0 Å². The molecule has 0 fully saturated rings. The minimum atomic E-state index is 0. The Morgan fingerprint density at radius 2 is 0.571 bits per heavy atom. The summed E-state index contributed by atoms with van der Waals surface area (Å²) in [5.41, 5.74) is 0. The van der Waals surface area contributed by atoms with Crippen molar-refractivity contribution in [3.05, 3.63) is 0 Å². The summed E-state index contributed by atoms with van der Waals surface area (Å²) in [7, 11) is 0. The van der Waals surface area contributed by atoms with Gasteiger partial charge in [-0.15, -0.1) is 0 Å². The second-order valence-electron chi connectivity index (χ2n) is 0. The first kappa shape index (κ1) is 100. The molecule has 0 amide bonds. The molecule has 0 heterocycles. The summed E-state index contributed by atoms with van der Waals surface area (Å²) in [4.78, 5) is 0. The van der Waals surface area contributed by atoms with Crippen molar-refractivity contribution in [1.29, 1.82) is 0 Å². The molecule has 3 radical (unpaired) electrons. The van der Waals surface area contributed by atoms with E-state index in [4.69, 9.17) is 0 Å². The van der Waals surface area contributed by atoms with Gasteiger partial charge in [0.2, 0.25) is 0 Å². The second-order valence-corrected chi connectivity index (χ2v) is 0. The van der Waals surface area contributed by atoms with Gasteiger partial charge in [-0.2, -0.15) is 0 Å². The fourth-order valence-electron chi connectivity index (χ4n) is 0. The Morgan fingerprint density at radius 1 is 0.571 bits per heavy atom. The van der Waals surface area contributed by atoms with E-state index >= 15 is 0 Å². The number of halogens is 4. The Labute approximate surface area is 105 Å². The van der Waals surface area contributed by atoms with Crippen molar-refractivity contribution in [2.75, 3.05) is 0 Å². The number of hydrogen-bond acceptors (Lipinski definition) is 0. The Balaban J connectivity index is 0. The Hall–Kier alpha value is 2.71. The smallest absolute Gasteiger partial charge is 1.00 e. The van der Waals surface area contributed by atoms with Crippen LogP contribution in [0.3, 0.4) is 0 Å². The Bertz CT molecular complexity index is 11.7. The van der Waals surface area contributed by atoms with Crippen molar-refractivity contribution in [3.8, 4) is 0 Å². The monoisotopic (exact) mass is 397 g/mol. The van der Waals surface area contributed by atoms with Gasteiger partial charge in [0.05, 0.1) is 0 Å². The standard InChI is InChI=1S/Bi.4FH.Na.Y/h;4*1H;;/q+3;;;;;+1;/p-4. The summed E-state index contributed by atoms with van der Waals surface area (Å²) in [6, 6.07) is 0. The molecular weight excluding hydrogens is 397 g/mol. The first-order valence-corrected chi connectivity index (χ1v) is 0. The van der Waals surface area contributed by atoms with Gasteiger partial charge < -0.3 is 18.8 Å². The molecule has 0 aliphatic rings. The van der Waals surface area contributed by atoms with E-state index in [1.165, 1.54) is 0 Å². The second kappa shape index (κ2) is 70.6. The van der Waals surface area contributed by atoms with Crippen LogP contribution in [-0.2, 0) is 32.7 Å². The van der Waals surface area contributed by atoms with Crippen LogP contribution in [0.25, 0.3) is 0 Å². The van der Waals surface area contributed by atoms with Gasteiger partial charge in [0.25, 0.3) is 0 Å². The average molecular weight is 397 g/mol. The molecule has 0 spiro atoms. The molecule has 0 aromatic carbocycles. The summed E-state index contributed by atoms with van der Waals surface area (Å²) in [6.45, 7) is 0. The summed E-state index contributed by atoms with van der Waals surface area (Å²) in [6.07, 6.45) is 0. The fraction of sp³-hybridized carbons (Fsp3) is 0. The van der Waals surface area contributed by atoms with Crippen molar-refractivity contribution in [2.45, 2.75) is 0 Å². The topological polar surface area (TPSA) is 0 Å². The Morgan fingerprint density at radius 3 is 0.571 bits per heavy atom. The van der Waals surface area contributed by atoms with Gasteiger partial charge in [-0.1, -0.05) is 0 Å². The van der Waals surface area contributed by atoms with Crippen LogP contribution in [0, 0.1) is 0 Å². The van der Waals surface area contributed by atoms with Crippen molar-refractivity contribution < 1.29 is 81.1 Å². The van der Waals surface area contributed by atoms with Crippen LogP contribution >= 0.6 is 0 Å². The molecule has 0 nitrogen and oxygen atoms in total. The molecule has 0 unspecified atom stereocenters. The van der Waals surface area contributed by atoms with E-state index in [0.717, 1.165) is 0 Å².